The van der Waals surface area contributed by atoms with Gasteiger partial charge in [0, 0.05) is 49.8 Å². The number of nitrogens with one attached hydrogen (secondary N) is 2. The van der Waals surface area contributed by atoms with Crippen LogP contribution < -0.4 is 10.0 Å². The van der Waals surface area contributed by atoms with Gasteiger partial charge in [-0.05, 0) is 43.9 Å². The summed E-state index contributed by atoms with van der Waals surface area (Å²) in [5.41, 5.74) is 1.15. The van der Waals surface area contributed by atoms with E-state index in [1.165, 1.54) is 6.07 Å². The summed E-state index contributed by atoms with van der Waals surface area (Å²) >= 11 is 0. The van der Waals surface area contributed by atoms with Gasteiger partial charge in [0.1, 0.15) is 0 Å². The molecule has 2 atom stereocenters. The molecule has 2 N–H and O–H groups in total. The molecule has 30 heavy (non-hydrogen) atoms. The molecule has 0 radical (unpaired) electrons. The Morgan fingerprint density at radius 1 is 1.17 bits per heavy atom. The number of morpholine rings is 1. The lowest BCUT2D eigenvalue weighted by Gasteiger charge is -2.37. The second kappa shape index (κ2) is 9.32. The van der Waals surface area contributed by atoms with Crippen molar-refractivity contribution in [1.29, 1.82) is 0 Å². The van der Waals surface area contributed by atoms with Crippen molar-refractivity contribution in [3.8, 4) is 0 Å². The van der Waals surface area contributed by atoms with Gasteiger partial charge >= 0.3 is 0 Å². The van der Waals surface area contributed by atoms with Crippen LogP contribution in [-0.2, 0) is 19.5 Å². The van der Waals surface area contributed by atoms with E-state index < -0.39 is 10.0 Å². The van der Waals surface area contributed by atoms with Gasteiger partial charge in [-0.1, -0.05) is 6.07 Å². The van der Waals surface area contributed by atoms with Gasteiger partial charge in [0.05, 0.1) is 24.7 Å². The SMILES string of the molecule is Cc1ccc(S(=O)(=O)NC2CC2)cc1C(=O)NCC(C1CCOC1)N1CCOCC1. The number of rotatable bonds is 8. The molecule has 0 spiro atoms. The minimum atomic E-state index is -3.60. The summed E-state index contributed by atoms with van der Waals surface area (Å²) < 4.78 is 38.8. The summed E-state index contributed by atoms with van der Waals surface area (Å²) in [6.45, 7) is 6.88. The standard InChI is InChI=1S/C21H31N3O5S/c1-15-2-5-18(30(26,27)23-17-3-4-17)12-19(15)21(25)22-13-20(16-6-9-29-14-16)24-7-10-28-11-8-24/h2,5,12,16-17,20,23H,3-4,6-11,13-14H2,1H3,(H,22,25). The molecule has 166 valence electrons. The maximum atomic E-state index is 13.0. The fraction of sp³-hybridized carbons (Fsp3) is 0.667. The fourth-order valence-electron chi connectivity index (χ4n) is 4.15. The Labute approximate surface area is 178 Å². The van der Waals surface area contributed by atoms with E-state index in [4.69, 9.17) is 9.47 Å². The number of carbonyl (C=O) groups is 1. The molecule has 1 aromatic carbocycles. The van der Waals surface area contributed by atoms with Crippen molar-refractivity contribution in [3.63, 3.8) is 0 Å². The molecule has 1 aliphatic carbocycles. The molecule has 2 heterocycles. The van der Waals surface area contributed by atoms with Crippen molar-refractivity contribution < 1.29 is 22.7 Å². The van der Waals surface area contributed by atoms with Crippen LogP contribution in [0.4, 0.5) is 0 Å². The van der Waals surface area contributed by atoms with Crippen molar-refractivity contribution in [3.05, 3.63) is 29.3 Å². The molecule has 1 saturated carbocycles. The van der Waals surface area contributed by atoms with Gasteiger partial charge < -0.3 is 14.8 Å². The maximum Gasteiger partial charge on any atom is 0.251 e. The van der Waals surface area contributed by atoms with Crippen LogP contribution in [0.3, 0.4) is 0 Å². The molecule has 2 saturated heterocycles. The molecule has 1 amide bonds. The number of hydrogen-bond acceptors (Lipinski definition) is 6. The number of ether oxygens (including phenoxy) is 2. The number of hydrogen-bond donors (Lipinski definition) is 2. The van der Waals surface area contributed by atoms with Gasteiger partial charge in [0.15, 0.2) is 0 Å². The van der Waals surface area contributed by atoms with E-state index in [0.717, 1.165) is 44.5 Å². The first-order chi connectivity index (χ1) is 14.4. The number of benzene rings is 1. The van der Waals surface area contributed by atoms with Crippen molar-refractivity contribution in [1.82, 2.24) is 14.9 Å². The number of amides is 1. The van der Waals surface area contributed by atoms with Crippen molar-refractivity contribution in [2.24, 2.45) is 5.92 Å². The molecule has 2 aliphatic heterocycles. The lowest BCUT2D eigenvalue weighted by Crippen LogP contribution is -2.52. The summed E-state index contributed by atoms with van der Waals surface area (Å²) in [7, 11) is -3.60. The summed E-state index contributed by atoms with van der Waals surface area (Å²) in [5, 5.41) is 3.05. The average molecular weight is 438 g/mol. The molecular formula is C21H31N3O5S. The molecule has 1 aromatic rings. The highest BCUT2D eigenvalue weighted by molar-refractivity contribution is 7.89. The van der Waals surface area contributed by atoms with E-state index in [1.54, 1.807) is 12.1 Å². The van der Waals surface area contributed by atoms with Gasteiger partial charge in [0.25, 0.3) is 5.91 Å². The quantitative estimate of drug-likeness (QED) is 0.627. The molecule has 0 bridgehead atoms. The molecule has 4 rings (SSSR count). The average Bonchev–Trinajstić information content (AvgIpc) is 3.37. The molecule has 0 aromatic heterocycles. The Kier molecular flexibility index (Phi) is 6.74. The zero-order chi connectivity index (χ0) is 21.1. The van der Waals surface area contributed by atoms with Gasteiger partial charge in [-0.2, -0.15) is 0 Å². The largest absolute Gasteiger partial charge is 0.381 e. The van der Waals surface area contributed by atoms with Gasteiger partial charge in [-0.25, -0.2) is 13.1 Å². The summed E-state index contributed by atoms with van der Waals surface area (Å²) in [5.74, 6) is 0.132. The monoisotopic (exact) mass is 437 g/mol. The normalized spacial score (nSPS) is 24.0. The van der Waals surface area contributed by atoms with Crippen LogP contribution >= 0.6 is 0 Å². The predicted molar refractivity (Wildman–Crippen MR) is 112 cm³/mol. The van der Waals surface area contributed by atoms with Crippen LogP contribution in [-0.4, -0.2) is 77.4 Å². The van der Waals surface area contributed by atoms with Gasteiger partial charge in [0.2, 0.25) is 10.0 Å². The van der Waals surface area contributed by atoms with Gasteiger partial charge in [-0.15, -0.1) is 0 Å². The lowest BCUT2D eigenvalue weighted by atomic mass is 9.96. The highest BCUT2D eigenvalue weighted by Gasteiger charge is 2.32. The predicted octanol–water partition coefficient (Wildman–Crippen LogP) is 0.903. The molecule has 3 aliphatic rings. The Hall–Kier alpha value is -1.52. The van der Waals surface area contributed by atoms with E-state index in [0.29, 0.717) is 37.8 Å². The molecule has 9 heteroatoms. The van der Waals surface area contributed by atoms with Crippen LogP contribution in [0.5, 0.6) is 0 Å². The summed E-state index contributed by atoms with van der Waals surface area (Å²) in [6.07, 6.45) is 2.72. The Bertz CT molecular complexity index is 859. The van der Waals surface area contributed by atoms with E-state index in [9.17, 15) is 13.2 Å². The van der Waals surface area contributed by atoms with E-state index in [-0.39, 0.29) is 22.9 Å². The zero-order valence-corrected chi connectivity index (χ0v) is 18.2. The molecule has 3 fully saturated rings. The Morgan fingerprint density at radius 2 is 1.93 bits per heavy atom. The van der Waals surface area contributed by atoms with Gasteiger partial charge in [-0.3, -0.25) is 9.69 Å². The second-order valence-corrected chi connectivity index (χ2v) is 10.1. The van der Waals surface area contributed by atoms with Crippen LogP contribution in [0.25, 0.3) is 0 Å². The fourth-order valence-corrected chi connectivity index (χ4v) is 5.48. The lowest BCUT2D eigenvalue weighted by molar-refractivity contribution is 0.00166. The Morgan fingerprint density at radius 3 is 2.60 bits per heavy atom. The highest BCUT2D eigenvalue weighted by atomic mass is 32.2. The van der Waals surface area contributed by atoms with E-state index >= 15 is 0 Å². The van der Waals surface area contributed by atoms with E-state index in [2.05, 4.69) is 14.9 Å². The second-order valence-electron chi connectivity index (χ2n) is 8.42. The highest BCUT2D eigenvalue weighted by Crippen LogP contribution is 2.24. The number of sulfonamides is 1. The van der Waals surface area contributed by atoms with Crippen LogP contribution in [0.15, 0.2) is 23.1 Å². The van der Waals surface area contributed by atoms with Crippen molar-refractivity contribution in [2.45, 2.75) is 43.2 Å². The van der Waals surface area contributed by atoms with Crippen molar-refractivity contribution >= 4 is 15.9 Å². The third-order valence-electron chi connectivity index (χ3n) is 6.16. The third kappa shape index (κ3) is 5.20. The van der Waals surface area contributed by atoms with E-state index in [1.807, 2.05) is 6.92 Å². The third-order valence-corrected chi connectivity index (χ3v) is 7.68. The summed E-state index contributed by atoms with van der Waals surface area (Å²) in [6, 6.07) is 4.95. The first-order valence-corrected chi connectivity index (χ1v) is 12.2. The number of aryl methyl sites for hydroxylation is 1. The van der Waals surface area contributed by atoms with Crippen LogP contribution in [0.1, 0.15) is 35.2 Å². The Balaban J connectivity index is 1.45. The summed E-state index contributed by atoms with van der Waals surface area (Å²) in [4.78, 5) is 15.5. The zero-order valence-electron chi connectivity index (χ0n) is 17.4. The minimum absolute atomic E-state index is 0.0245. The topological polar surface area (TPSA) is 97.0 Å². The number of nitrogens with zero attached hydrogens (tertiary/aromatic N) is 1. The molecule has 8 nitrogen and oxygen atoms in total. The first kappa shape index (κ1) is 21.7. The molecular weight excluding hydrogens is 406 g/mol. The maximum absolute atomic E-state index is 13.0. The smallest absolute Gasteiger partial charge is 0.251 e. The minimum Gasteiger partial charge on any atom is -0.381 e. The number of carbonyl (C=O) groups excluding carboxylic acids is 1. The first-order valence-electron chi connectivity index (χ1n) is 10.7. The molecule has 2 unspecified atom stereocenters. The van der Waals surface area contributed by atoms with Crippen molar-refractivity contribution in [2.75, 3.05) is 46.1 Å². The van der Waals surface area contributed by atoms with Crippen LogP contribution in [0.2, 0.25) is 0 Å². The van der Waals surface area contributed by atoms with Crippen LogP contribution in [0, 0.1) is 12.8 Å².